The first-order valence-corrected chi connectivity index (χ1v) is 14.6. The summed E-state index contributed by atoms with van der Waals surface area (Å²) in [5.41, 5.74) is -1.42. The summed E-state index contributed by atoms with van der Waals surface area (Å²) in [6.07, 6.45) is 2.58. The molecule has 0 bridgehead atoms. The van der Waals surface area contributed by atoms with Gasteiger partial charge in [-0.05, 0) is 67.4 Å². The van der Waals surface area contributed by atoms with Crippen LogP contribution in [0.1, 0.15) is 37.6 Å². The van der Waals surface area contributed by atoms with Gasteiger partial charge in [0.1, 0.15) is 11.5 Å². The van der Waals surface area contributed by atoms with Crippen LogP contribution in [0.2, 0.25) is 10.0 Å². The minimum atomic E-state index is -3.76. The summed E-state index contributed by atoms with van der Waals surface area (Å²) in [4.78, 5) is 25.4. The maximum absolute atomic E-state index is 14.2. The van der Waals surface area contributed by atoms with Gasteiger partial charge in [0.05, 0.1) is 10.4 Å². The molecule has 0 radical (unpaired) electrons. The molecule has 0 saturated heterocycles. The highest BCUT2D eigenvalue weighted by atomic mass is 35.5. The largest absolute Gasteiger partial charge is 0.438 e. The fraction of sp³-hybridized carbons (Fsp3) is 0.280. The van der Waals surface area contributed by atoms with Gasteiger partial charge in [0, 0.05) is 28.2 Å². The summed E-state index contributed by atoms with van der Waals surface area (Å²) in [6.45, 7) is 5.74. The lowest BCUT2D eigenvalue weighted by atomic mass is 9.98. The molecule has 6 nitrogen and oxygen atoms in total. The van der Waals surface area contributed by atoms with Crippen molar-refractivity contribution in [1.82, 2.24) is 5.32 Å². The highest BCUT2D eigenvalue weighted by Crippen LogP contribution is 2.59. The van der Waals surface area contributed by atoms with E-state index in [0.29, 0.717) is 16.0 Å². The molecule has 0 spiro atoms. The third-order valence-corrected chi connectivity index (χ3v) is 8.74. The van der Waals surface area contributed by atoms with Gasteiger partial charge in [0.15, 0.2) is 6.79 Å². The number of amides is 1. The van der Waals surface area contributed by atoms with E-state index in [0.717, 1.165) is 4.70 Å². The maximum atomic E-state index is 14.2. The van der Waals surface area contributed by atoms with Gasteiger partial charge in [0.25, 0.3) is 0 Å². The maximum Gasteiger partial charge on any atom is 0.313 e. The monoisotopic (exact) mass is 571 g/mol. The van der Waals surface area contributed by atoms with Crippen LogP contribution in [0.5, 0.6) is 0 Å². The Hall–Kier alpha value is -2.22. The molecule has 1 heterocycles. The molecule has 0 aliphatic heterocycles. The van der Waals surface area contributed by atoms with Crippen molar-refractivity contribution in [3.05, 3.63) is 75.0 Å². The minimum Gasteiger partial charge on any atom is -0.438 e. The van der Waals surface area contributed by atoms with Crippen molar-refractivity contribution >= 4 is 69.9 Å². The first-order chi connectivity index (χ1) is 16.8. The van der Waals surface area contributed by atoms with Gasteiger partial charge >= 0.3 is 5.97 Å². The summed E-state index contributed by atoms with van der Waals surface area (Å²) >= 11 is 13.3. The van der Waals surface area contributed by atoms with E-state index < -0.39 is 42.9 Å². The number of carbonyl (C=O) groups excluding carboxylic acids is 2. The van der Waals surface area contributed by atoms with Crippen molar-refractivity contribution in [2.75, 3.05) is 13.5 Å². The summed E-state index contributed by atoms with van der Waals surface area (Å²) in [5.74, 6) is -1.83. The molecule has 0 saturated carbocycles. The molecule has 0 fully saturated rings. The number of ether oxygens (including phenoxy) is 1. The van der Waals surface area contributed by atoms with Crippen molar-refractivity contribution in [3.63, 3.8) is 0 Å². The average Bonchev–Trinajstić information content (AvgIpc) is 3.18. The number of carbonyl (C=O) groups is 2. The standard InChI is InChI=1S/C25H25Cl2FNO5PS/c1-25(2,3)24(31)33-14-34-35(4,32)22(18-13-36-20-9-8-16(26)12-17(18)20)23(30)29-11-10-15-6-5-7-19(27)21(15)28/h5-13,22H,14H2,1-4H3,(H,29,30). The Morgan fingerprint density at radius 3 is 2.64 bits per heavy atom. The van der Waals surface area contributed by atoms with E-state index in [1.54, 1.807) is 50.4 Å². The molecular formula is C25H25Cl2FNO5PS. The fourth-order valence-electron chi connectivity index (χ4n) is 3.26. The minimum absolute atomic E-state index is 0.0563. The van der Waals surface area contributed by atoms with Crippen LogP contribution in [-0.4, -0.2) is 25.3 Å². The van der Waals surface area contributed by atoms with E-state index in [1.165, 1.54) is 42.4 Å². The molecular weight excluding hydrogens is 547 g/mol. The zero-order valence-electron chi connectivity index (χ0n) is 20.0. The number of hydrogen-bond acceptors (Lipinski definition) is 6. The smallest absolute Gasteiger partial charge is 0.313 e. The second-order valence-electron chi connectivity index (χ2n) is 9.06. The van der Waals surface area contributed by atoms with Gasteiger partial charge in [-0.2, -0.15) is 0 Å². The molecule has 2 atom stereocenters. The van der Waals surface area contributed by atoms with Crippen molar-refractivity contribution in [3.8, 4) is 0 Å². The summed E-state index contributed by atoms with van der Waals surface area (Å²) in [7, 11) is -3.76. The number of benzene rings is 2. The average molecular weight is 572 g/mol. The number of nitrogens with one attached hydrogen (secondary N) is 1. The van der Waals surface area contributed by atoms with E-state index in [1.807, 2.05) is 0 Å². The van der Waals surface area contributed by atoms with Crippen LogP contribution in [0.4, 0.5) is 4.39 Å². The third kappa shape index (κ3) is 6.75. The quantitative estimate of drug-likeness (QED) is 0.170. The predicted octanol–water partition coefficient (Wildman–Crippen LogP) is 7.65. The molecule has 11 heteroatoms. The van der Waals surface area contributed by atoms with E-state index in [2.05, 4.69) is 5.32 Å². The van der Waals surface area contributed by atoms with Crippen molar-refractivity contribution in [2.45, 2.75) is 26.4 Å². The first kappa shape index (κ1) is 28.4. The predicted molar refractivity (Wildman–Crippen MR) is 143 cm³/mol. The SMILES string of the molecule is CC(C)(C)C(=O)OCOP(C)(=O)C(C(=O)NC=Cc1cccc(Cl)c1F)c1csc2ccc(Cl)cc12. The molecule has 192 valence electrons. The van der Waals surface area contributed by atoms with Gasteiger partial charge in [-0.15, -0.1) is 11.3 Å². The van der Waals surface area contributed by atoms with Crippen LogP contribution in [0.15, 0.2) is 48.0 Å². The van der Waals surface area contributed by atoms with Gasteiger partial charge in [0.2, 0.25) is 13.3 Å². The number of esters is 1. The second kappa shape index (κ2) is 11.4. The van der Waals surface area contributed by atoms with E-state index in [-0.39, 0.29) is 10.6 Å². The normalized spacial score (nSPS) is 14.5. The van der Waals surface area contributed by atoms with Crippen molar-refractivity contribution < 1.29 is 27.8 Å². The van der Waals surface area contributed by atoms with Gasteiger partial charge < -0.3 is 10.1 Å². The van der Waals surface area contributed by atoms with E-state index in [9.17, 15) is 18.5 Å². The highest BCUT2D eigenvalue weighted by molar-refractivity contribution is 7.59. The van der Waals surface area contributed by atoms with Crippen LogP contribution >= 0.6 is 41.9 Å². The Morgan fingerprint density at radius 1 is 1.22 bits per heavy atom. The summed E-state index contributed by atoms with van der Waals surface area (Å²) in [6, 6.07) is 9.67. The topological polar surface area (TPSA) is 81.7 Å². The van der Waals surface area contributed by atoms with Gasteiger partial charge in [-0.3, -0.25) is 18.7 Å². The van der Waals surface area contributed by atoms with Crippen LogP contribution in [0.3, 0.4) is 0 Å². The molecule has 1 amide bonds. The van der Waals surface area contributed by atoms with Gasteiger partial charge in [-0.1, -0.05) is 35.3 Å². The third-order valence-electron chi connectivity index (χ3n) is 5.16. The van der Waals surface area contributed by atoms with Crippen molar-refractivity contribution in [1.29, 1.82) is 0 Å². The zero-order chi connectivity index (χ0) is 26.7. The van der Waals surface area contributed by atoms with Crippen LogP contribution in [-0.2, 0) is 23.4 Å². The highest BCUT2D eigenvalue weighted by Gasteiger charge is 2.39. The van der Waals surface area contributed by atoms with Crippen LogP contribution in [0, 0.1) is 11.2 Å². The number of rotatable bonds is 8. The van der Waals surface area contributed by atoms with Crippen LogP contribution < -0.4 is 5.32 Å². The van der Waals surface area contributed by atoms with Crippen LogP contribution in [0.25, 0.3) is 16.2 Å². The second-order valence-corrected chi connectivity index (χ2v) is 13.4. The molecule has 0 aliphatic carbocycles. The Balaban J connectivity index is 1.90. The molecule has 36 heavy (non-hydrogen) atoms. The number of fused-ring (bicyclic) bond motifs is 1. The molecule has 1 aromatic heterocycles. The Kier molecular flexibility index (Phi) is 9.02. The lowest BCUT2D eigenvalue weighted by molar-refractivity contribution is -0.159. The Bertz CT molecular complexity index is 1370. The molecule has 0 aliphatic rings. The summed E-state index contributed by atoms with van der Waals surface area (Å²) in [5, 5.41) is 5.31. The number of thiophene rings is 1. The van der Waals surface area contributed by atoms with Gasteiger partial charge in [-0.25, -0.2) is 4.39 Å². The zero-order valence-corrected chi connectivity index (χ0v) is 23.2. The Labute approximate surface area is 222 Å². The number of hydrogen-bond donors (Lipinski definition) is 1. The van der Waals surface area contributed by atoms with E-state index >= 15 is 0 Å². The molecule has 3 rings (SSSR count). The molecule has 1 N–H and O–H groups in total. The van der Waals surface area contributed by atoms with E-state index in [4.69, 9.17) is 32.5 Å². The fourth-order valence-corrected chi connectivity index (χ4v) is 6.31. The lowest BCUT2D eigenvalue weighted by Gasteiger charge is -2.24. The Morgan fingerprint density at radius 2 is 1.94 bits per heavy atom. The first-order valence-electron chi connectivity index (χ1n) is 10.8. The lowest BCUT2D eigenvalue weighted by Crippen LogP contribution is -2.27. The summed E-state index contributed by atoms with van der Waals surface area (Å²) < 4.78 is 39.4. The molecule has 3 aromatic rings. The van der Waals surface area contributed by atoms with Crippen molar-refractivity contribution in [2.24, 2.45) is 5.41 Å². The number of halogens is 3. The molecule has 2 aromatic carbocycles. The molecule has 2 unspecified atom stereocenters.